The van der Waals surface area contributed by atoms with Gasteiger partial charge >= 0.3 is 0 Å². The molecule has 1 amide bonds. The first-order valence-electron chi connectivity index (χ1n) is 10.3. The zero-order chi connectivity index (χ0) is 19.3. The average molecular weight is 383 g/mol. The van der Waals surface area contributed by atoms with Gasteiger partial charge in [-0.3, -0.25) is 9.89 Å². The lowest BCUT2D eigenvalue weighted by Crippen LogP contribution is -2.26. The van der Waals surface area contributed by atoms with Crippen molar-refractivity contribution >= 4 is 11.7 Å². The number of anilines is 1. The summed E-state index contributed by atoms with van der Waals surface area (Å²) in [6.45, 7) is 0.917. The highest BCUT2D eigenvalue weighted by atomic mass is 16.5. The molecule has 1 aromatic heterocycles. The van der Waals surface area contributed by atoms with Gasteiger partial charge in [-0.1, -0.05) is 12.1 Å². The molecule has 2 aromatic rings. The van der Waals surface area contributed by atoms with E-state index in [4.69, 9.17) is 9.47 Å². The molecule has 6 heteroatoms. The van der Waals surface area contributed by atoms with Gasteiger partial charge < -0.3 is 14.8 Å². The van der Waals surface area contributed by atoms with E-state index in [1.54, 1.807) is 7.11 Å². The Bertz CT molecular complexity index is 781. The number of carbonyl (C=O) groups excluding carboxylic acids is 1. The monoisotopic (exact) mass is 383 g/mol. The van der Waals surface area contributed by atoms with Gasteiger partial charge in [-0.15, -0.1) is 0 Å². The number of benzene rings is 1. The van der Waals surface area contributed by atoms with E-state index in [-0.39, 0.29) is 5.91 Å². The number of aromatic nitrogens is 2. The highest BCUT2D eigenvalue weighted by Crippen LogP contribution is 2.42. The number of nitrogens with one attached hydrogen (secondary N) is 2. The van der Waals surface area contributed by atoms with Gasteiger partial charge in [0.25, 0.3) is 0 Å². The van der Waals surface area contributed by atoms with Crippen molar-refractivity contribution in [3.05, 3.63) is 41.6 Å². The van der Waals surface area contributed by atoms with E-state index >= 15 is 0 Å². The Kier molecular flexibility index (Phi) is 5.95. The molecule has 0 radical (unpaired) electrons. The first-order valence-corrected chi connectivity index (χ1v) is 10.3. The maximum Gasteiger partial charge on any atom is 0.229 e. The Labute approximate surface area is 166 Å². The smallest absolute Gasteiger partial charge is 0.229 e. The number of H-pyrrole nitrogens is 1. The molecule has 0 spiro atoms. The molecule has 4 rings (SSSR count). The fourth-order valence-electron chi connectivity index (χ4n) is 4.50. The van der Waals surface area contributed by atoms with Gasteiger partial charge in [0.15, 0.2) is 5.82 Å². The topological polar surface area (TPSA) is 76.2 Å². The van der Waals surface area contributed by atoms with Gasteiger partial charge in [0.2, 0.25) is 5.91 Å². The van der Waals surface area contributed by atoms with Crippen LogP contribution in [0.3, 0.4) is 0 Å². The summed E-state index contributed by atoms with van der Waals surface area (Å²) in [7, 11) is 1.63. The molecule has 1 saturated carbocycles. The third-order valence-electron chi connectivity index (χ3n) is 6.04. The lowest BCUT2D eigenvalue weighted by Gasteiger charge is -2.27. The van der Waals surface area contributed by atoms with Gasteiger partial charge in [-0.2, -0.15) is 5.10 Å². The van der Waals surface area contributed by atoms with Gasteiger partial charge in [-0.05, 0) is 62.1 Å². The van der Waals surface area contributed by atoms with Crippen LogP contribution in [0.5, 0.6) is 5.75 Å². The van der Waals surface area contributed by atoms with E-state index in [0.717, 1.165) is 36.5 Å². The average Bonchev–Trinajstić information content (AvgIpc) is 3.39. The number of rotatable bonds is 6. The molecule has 1 aromatic carbocycles. The van der Waals surface area contributed by atoms with Crippen LogP contribution in [-0.4, -0.2) is 35.9 Å². The van der Waals surface area contributed by atoms with Crippen LogP contribution in [0.15, 0.2) is 30.3 Å². The van der Waals surface area contributed by atoms with Crippen LogP contribution in [0, 0.1) is 5.92 Å². The predicted octanol–water partition coefficient (Wildman–Crippen LogP) is 4.05. The van der Waals surface area contributed by atoms with Gasteiger partial charge in [0, 0.05) is 24.3 Å². The number of aromatic amines is 1. The number of hydrogen-bond donors (Lipinski definition) is 2. The first-order chi connectivity index (χ1) is 13.7. The number of hydrogen-bond acceptors (Lipinski definition) is 4. The summed E-state index contributed by atoms with van der Waals surface area (Å²) in [4.78, 5) is 12.3. The summed E-state index contributed by atoms with van der Waals surface area (Å²) >= 11 is 0. The minimum absolute atomic E-state index is 0.0666. The molecule has 28 heavy (non-hydrogen) atoms. The van der Waals surface area contributed by atoms with Crippen molar-refractivity contribution in [3.63, 3.8) is 0 Å². The highest BCUT2D eigenvalue weighted by molar-refractivity contribution is 5.91. The molecule has 2 aliphatic rings. The fourth-order valence-corrected chi connectivity index (χ4v) is 4.50. The Balaban J connectivity index is 1.29. The van der Waals surface area contributed by atoms with E-state index in [2.05, 4.69) is 15.5 Å². The number of nitrogens with zero attached hydrogens (tertiary/aromatic N) is 1. The maximum absolute atomic E-state index is 12.3. The van der Waals surface area contributed by atoms with Crippen LogP contribution >= 0.6 is 0 Å². The van der Waals surface area contributed by atoms with E-state index in [9.17, 15) is 4.79 Å². The Hall–Kier alpha value is -2.34. The Morgan fingerprint density at radius 3 is 2.86 bits per heavy atom. The number of methoxy groups -OCH3 is 1. The highest BCUT2D eigenvalue weighted by Gasteiger charge is 2.33. The summed E-state index contributed by atoms with van der Waals surface area (Å²) in [5.41, 5.74) is 2.07. The molecular formula is C22H29N3O3. The molecular weight excluding hydrogens is 354 g/mol. The summed E-state index contributed by atoms with van der Waals surface area (Å²) in [6.07, 6.45) is 7.97. The Morgan fingerprint density at radius 1 is 1.25 bits per heavy atom. The number of ether oxygens (including phenoxy) is 2. The maximum atomic E-state index is 12.3. The third kappa shape index (κ3) is 4.55. The zero-order valence-electron chi connectivity index (χ0n) is 16.4. The zero-order valence-corrected chi connectivity index (χ0v) is 16.4. The second-order valence-electron chi connectivity index (χ2n) is 7.96. The SMILES string of the molecule is COc1ccc(CC(=O)Nc2cc([C@@H]3CC[C@H](C4CCCCO4)C3)[nH]n2)cc1. The van der Waals surface area contributed by atoms with Crippen molar-refractivity contribution in [1.82, 2.24) is 10.2 Å². The van der Waals surface area contributed by atoms with Crippen LogP contribution in [0.25, 0.3) is 0 Å². The van der Waals surface area contributed by atoms with Crippen molar-refractivity contribution in [3.8, 4) is 5.75 Å². The lowest BCUT2D eigenvalue weighted by molar-refractivity contribution is -0.115. The largest absolute Gasteiger partial charge is 0.497 e. The summed E-state index contributed by atoms with van der Waals surface area (Å²) in [6, 6.07) is 9.52. The summed E-state index contributed by atoms with van der Waals surface area (Å²) < 4.78 is 11.1. The minimum Gasteiger partial charge on any atom is -0.497 e. The van der Waals surface area contributed by atoms with E-state index in [1.165, 1.54) is 25.7 Å². The molecule has 2 fully saturated rings. The van der Waals surface area contributed by atoms with Crippen molar-refractivity contribution in [1.29, 1.82) is 0 Å². The quantitative estimate of drug-likeness (QED) is 0.789. The molecule has 1 aliphatic heterocycles. The van der Waals surface area contributed by atoms with E-state index in [1.807, 2.05) is 30.3 Å². The normalized spacial score (nSPS) is 24.8. The van der Waals surface area contributed by atoms with Crippen molar-refractivity contribution in [2.75, 3.05) is 19.0 Å². The van der Waals surface area contributed by atoms with Crippen LogP contribution in [0.2, 0.25) is 0 Å². The fraction of sp³-hybridized carbons (Fsp3) is 0.545. The van der Waals surface area contributed by atoms with Crippen LogP contribution in [0.1, 0.15) is 55.7 Å². The lowest BCUT2D eigenvalue weighted by atomic mass is 9.93. The van der Waals surface area contributed by atoms with Crippen molar-refractivity contribution < 1.29 is 14.3 Å². The van der Waals surface area contributed by atoms with Gasteiger partial charge in [-0.25, -0.2) is 0 Å². The molecule has 6 nitrogen and oxygen atoms in total. The first kappa shape index (κ1) is 19.0. The van der Waals surface area contributed by atoms with E-state index in [0.29, 0.717) is 30.2 Å². The molecule has 1 unspecified atom stereocenters. The van der Waals surface area contributed by atoms with Crippen molar-refractivity contribution in [2.24, 2.45) is 5.92 Å². The van der Waals surface area contributed by atoms with Crippen molar-refractivity contribution in [2.45, 2.75) is 57.0 Å². The summed E-state index contributed by atoms with van der Waals surface area (Å²) in [5, 5.41) is 10.3. The second-order valence-corrected chi connectivity index (χ2v) is 7.96. The van der Waals surface area contributed by atoms with Gasteiger partial charge in [0.1, 0.15) is 5.75 Å². The predicted molar refractivity (Wildman–Crippen MR) is 108 cm³/mol. The molecule has 1 saturated heterocycles. The third-order valence-corrected chi connectivity index (χ3v) is 6.04. The molecule has 0 bridgehead atoms. The Morgan fingerprint density at radius 2 is 2.11 bits per heavy atom. The van der Waals surface area contributed by atoms with Crippen LogP contribution in [0.4, 0.5) is 5.82 Å². The number of amides is 1. The second kappa shape index (κ2) is 8.78. The van der Waals surface area contributed by atoms with Crippen LogP contribution in [-0.2, 0) is 16.0 Å². The molecule has 2 heterocycles. The van der Waals surface area contributed by atoms with E-state index < -0.39 is 0 Å². The minimum atomic E-state index is -0.0666. The molecule has 3 atom stereocenters. The van der Waals surface area contributed by atoms with Gasteiger partial charge in [0.05, 0.1) is 19.6 Å². The summed E-state index contributed by atoms with van der Waals surface area (Å²) in [5.74, 6) is 2.46. The molecule has 2 N–H and O–H groups in total. The number of carbonyl (C=O) groups is 1. The molecule has 1 aliphatic carbocycles. The standard InChI is InChI=1S/C22H29N3O3/c1-27-18-9-5-15(6-10-18)12-22(26)23-21-14-19(24-25-21)16-7-8-17(13-16)20-4-2-3-11-28-20/h5-6,9-10,14,16-17,20H,2-4,7-8,11-13H2,1H3,(H2,23,24,25,26)/t16-,17+,20?/m1/s1. The van der Waals surface area contributed by atoms with Crippen LogP contribution < -0.4 is 10.1 Å². The molecule has 150 valence electrons.